The van der Waals surface area contributed by atoms with Crippen LogP contribution < -0.4 is 10.1 Å². The van der Waals surface area contributed by atoms with Crippen LogP contribution in [0.4, 0.5) is 0 Å². The van der Waals surface area contributed by atoms with E-state index >= 15 is 0 Å². The summed E-state index contributed by atoms with van der Waals surface area (Å²) in [6.45, 7) is 4.59. The van der Waals surface area contributed by atoms with Crippen molar-refractivity contribution < 1.29 is 14.6 Å². The number of benzene rings is 1. The van der Waals surface area contributed by atoms with Crippen molar-refractivity contribution in [1.29, 1.82) is 0 Å². The second kappa shape index (κ2) is 5.39. The van der Waals surface area contributed by atoms with Crippen LogP contribution in [0.15, 0.2) is 18.2 Å². The standard InChI is InChI=1S/C12H17NO3/c1-8(2)7-13-12(15)9-5-4-6-10(16-3)11(9)14/h4-6,8,14H,7H2,1-3H3,(H,13,15). The van der Waals surface area contributed by atoms with Gasteiger partial charge in [0.2, 0.25) is 0 Å². The fourth-order valence-corrected chi connectivity index (χ4v) is 1.26. The lowest BCUT2D eigenvalue weighted by Crippen LogP contribution is -2.27. The van der Waals surface area contributed by atoms with Crippen molar-refractivity contribution in [1.82, 2.24) is 5.32 Å². The summed E-state index contributed by atoms with van der Waals surface area (Å²) in [5.41, 5.74) is 0.236. The minimum absolute atomic E-state index is 0.119. The molecule has 4 nitrogen and oxygen atoms in total. The molecule has 0 radical (unpaired) electrons. The smallest absolute Gasteiger partial charge is 0.255 e. The highest BCUT2D eigenvalue weighted by atomic mass is 16.5. The lowest BCUT2D eigenvalue weighted by molar-refractivity contribution is 0.0945. The monoisotopic (exact) mass is 223 g/mol. The first-order chi connectivity index (χ1) is 7.56. The summed E-state index contributed by atoms with van der Waals surface area (Å²) in [7, 11) is 1.45. The van der Waals surface area contributed by atoms with Crippen molar-refractivity contribution in [3.8, 4) is 11.5 Å². The van der Waals surface area contributed by atoms with Gasteiger partial charge in [-0.2, -0.15) is 0 Å². The summed E-state index contributed by atoms with van der Waals surface area (Å²) in [4.78, 5) is 11.7. The fraction of sp³-hybridized carbons (Fsp3) is 0.417. The number of nitrogens with one attached hydrogen (secondary N) is 1. The maximum atomic E-state index is 11.7. The number of phenolic OH excluding ortho intramolecular Hbond substituents is 1. The van der Waals surface area contributed by atoms with Crippen molar-refractivity contribution in [2.75, 3.05) is 13.7 Å². The molecule has 0 aliphatic carbocycles. The molecule has 0 atom stereocenters. The average molecular weight is 223 g/mol. The molecule has 0 aliphatic heterocycles. The van der Waals surface area contributed by atoms with Gasteiger partial charge in [0.05, 0.1) is 12.7 Å². The van der Waals surface area contributed by atoms with Gasteiger partial charge in [-0.3, -0.25) is 4.79 Å². The number of ether oxygens (including phenoxy) is 1. The Balaban J connectivity index is 2.83. The largest absolute Gasteiger partial charge is 0.504 e. The van der Waals surface area contributed by atoms with E-state index in [1.807, 2.05) is 13.8 Å². The first-order valence-electron chi connectivity index (χ1n) is 5.20. The normalized spacial score (nSPS) is 10.2. The van der Waals surface area contributed by atoms with E-state index in [2.05, 4.69) is 5.32 Å². The number of para-hydroxylation sites is 1. The Hall–Kier alpha value is -1.71. The van der Waals surface area contributed by atoms with Crippen LogP contribution >= 0.6 is 0 Å². The minimum Gasteiger partial charge on any atom is -0.504 e. The molecule has 0 aromatic heterocycles. The topological polar surface area (TPSA) is 58.6 Å². The Labute approximate surface area is 95.2 Å². The van der Waals surface area contributed by atoms with Gasteiger partial charge in [-0.1, -0.05) is 19.9 Å². The van der Waals surface area contributed by atoms with Crippen molar-refractivity contribution in [2.45, 2.75) is 13.8 Å². The van der Waals surface area contributed by atoms with Crippen LogP contribution in [-0.2, 0) is 0 Å². The predicted molar refractivity (Wildman–Crippen MR) is 61.8 cm³/mol. The molecule has 0 spiro atoms. The molecule has 1 aromatic rings. The third-order valence-electron chi connectivity index (χ3n) is 2.13. The second-order valence-electron chi connectivity index (χ2n) is 3.96. The Morgan fingerprint density at radius 2 is 2.19 bits per heavy atom. The Morgan fingerprint density at radius 1 is 1.50 bits per heavy atom. The van der Waals surface area contributed by atoms with Gasteiger partial charge in [-0.15, -0.1) is 0 Å². The number of phenols is 1. The lowest BCUT2D eigenvalue weighted by atomic mass is 10.1. The summed E-state index contributed by atoms with van der Waals surface area (Å²) >= 11 is 0. The average Bonchev–Trinajstić information content (AvgIpc) is 2.26. The van der Waals surface area contributed by atoms with E-state index in [9.17, 15) is 9.90 Å². The summed E-state index contributed by atoms with van der Waals surface area (Å²) in [6.07, 6.45) is 0. The van der Waals surface area contributed by atoms with Gasteiger partial charge >= 0.3 is 0 Å². The number of hydrogen-bond donors (Lipinski definition) is 2. The van der Waals surface area contributed by atoms with E-state index in [0.717, 1.165) is 0 Å². The molecule has 2 N–H and O–H groups in total. The summed E-state index contributed by atoms with van der Waals surface area (Å²) in [5, 5.41) is 12.5. The minimum atomic E-state index is -0.287. The molecule has 16 heavy (non-hydrogen) atoms. The van der Waals surface area contributed by atoms with Crippen LogP contribution in [0.3, 0.4) is 0 Å². The van der Waals surface area contributed by atoms with E-state index < -0.39 is 0 Å². The summed E-state index contributed by atoms with van der Waals surface area (Å²) in [5.74, 6) is 0.269. The SMILES string of the molecule is COc1cccc(C(=O)NCC(C)C)c1O. The third-order valence-corrected chi connectivity index (χ3v) is 2.13. The van der Waals surface area contributed by atoms with Crippen LogP contribution in [0, 0.1) is 5.92 Å². The highest BCUT2D eigenvalue weighted by Crippen LogP contribution is 2.29. The molecule has 0 bridgehead atoms. The van der Waals surface area contributed by atoms with E-state index in [1.54, 1.807) is 18.2 Å². The molecule has 0 saturated heterocycles. The lowest BCUT2D eigenvalue weighted by Gasteiger charge is -2.10. The zero-order valence-electron chi connectivity index (χ0n) is 9.78. The van der Waals surface area contributed by atoms with Gasteiger partial charge in [0.1, 0.15) is 0 Å². The highest BCUT2D eigenvalue weighted by Gasteiger charge is 2.14. The van der Waals surface area contributed by atoms with E-state index in [0.29, 0.717) is 18.2 Å². The van der Waals surface area contributed by atoms with Crippen LogP contribution in [0.5, 0.6) is 11.5 Å². The zero-order chi connectivity index (χ0) is 12.1. The molecule has 0 unspecified atom stereocenters. The molecule has 0 aliphatic rings. The van der Waals surface area contributed by atoms with Crippen LogP contribution in [-0.4, -0.2) is 24.7 Å². The van der Waals surface area contributed by atoms with Crippen molar-refractivity contribution >= 4 is 5.91 Å². The van der Waals surface area contributed by atoms with E-state index in [-0.39, 0.29) is 17.2 Å². The first kappa shape index (κ1) is 12.4. The fourth-order valence-electron chi connectivity index (χ4n) is 1.26. The number of methoxy groups -OCH3 is 1. The number of rotatable bonds is 4. The maximum Gasteiger partial charge on any atom is 0.255 e. The van der Waals surface area contributed by atoms with Gasteiger partial charge in [0, 0.05) is 6.54 Å². The van der Waals surface area contributed by atoms with Crippen molar-refractivity contribution in [3.63, 3.8) is 0 Å². The zero-order valence-corrected chi connectivity index (χ0v) is 9.78. The molecule has 0 fully saturated rings. The number of carbonyl (C=O) groups excluding carboxylic acids is 1. The van der Waals surface area contributed by atoms with E-state index in [1.165, 1.54) is 7.11 Å². The third kappa shape index (κ3) is 2.89. The molecule has 1 amide bonds. The quantitative estimate of drug-likeness (QED) is 0.818. The Kier molecular flexibility index (Phi) is 4.17. The number of hydrogen-bond acceptors (Lipinski definition) is 3. The Morgan fingerprint density at radius 3 is 2.75 bits per heavy atom. The van der Waals surface area contributed by atoms with Gasteiger partial charge in [-0.25, -0.2) is 0 Å². The molecule has 4 heteroatoms. The number of amides is 1. The number of aromatic hydroxyl groups is 1. The van der Waals surface area contributed by atoms with Crippen LogP contribution in [0.1, 0.15) is 24.2 Å². The van der Waals surface area contributed by atoms with Crippen LogP contribution in [0.25, 0.3) is 0 Å². The molecular weight excluding hydrogens is 206 g/mol. The summed E-state index contributed by atoms with van der Waals surface area (Å²) in [6, 6.07) is 4.84. The van der Waals surface area contributed by atoms with E-state index in [4.69, 9.17) is 4.74 Å². The van der Waals surface area contributed by atoms with Crippen molar-refractivity contribution in [2.24, 2.45) is 5.92 Å². The molecule has 1 rings (SSSR count). The predicted octanol–water partition coefficient (Wildman–Crippen LogP) is 1.79. The van der Waals surface area contributed by atoms with Crippen LogP contribution in [0.2, 0.25) is 0 Å². The molecular formula is C12H17NO3. The van der Waals surface area contributed by atoms with Gasteiger partial charge in [-0.05, 0) is 18.1 Å². The van der Waals surface area contributed by atoms with Gasteiger partial charge in [0.15, 0.2) is 11.5 Å². The maximum absolute atomic E-state index is 11.7. The van der Waals surface area contributed by atoms with Crippen molar-refractivity contribution in [3.05, 3.63) is 23.8 Å². The number of carbonyl (C=O) groups is 1. The first-order valence-corrected chi connectivity index (χ1v) is 5.20. The van der Waals surface area contributed by atoms with Gasteiger partial charge < -0.3 is 15.2 Å². The van der Waals surface area contributed by atoms with Gasteiger partial charge in [0.25, 0.3) is 5.91 Å². The summed E-state index contributed by atoms with van der Waals surface area (Å²) < 4.78 is 4.93. The molecule has 1 aromatic carbocycles. The Bertz CT molecular complexity index is 375. The second-order valence-corrected chi connectivity index (χ2v) is 3.96. The highest BCUT2D eigenvalue weighted by molar-refractivity contribution is 5.97. The molecule has 0 saturated carbocycles. The molecule has 88 valence electrons. The molecule has 0 heterocycles.